The lowest BCUT2D eigenvalue weighted by molar-refractivity contribution is 0.210. The summed E-state index contributed by atoms with van der Waals surface area (Å²) in [5, 5.41) is 0. The Kier molecular flexibility index (Phi) is 3.76. The Hall–Kier alpha value is -1.69. The summed E-state index contributed by atoms with van der Waals surface area (Å²) in [7, 11) is -0.838. The van der Waals surface area contributed by atoms with Gasteiger partial charge >= 0.3 is 6.09 Å². The molecule has 6 heteroatoms. The number of rotatable bonds is 2. The second kappa shape index (κ2) is 5.30. The van der Waals surface area contributed by atoms with Crippen LogP contribution in [0.4, 0.5) is 9.18 Å². The molecule has 1 aliphatic rings. The van der Waals surface area contributed by atoms with Crippen LogP contribution in [0.3, 0.4) is 0 Å². The summed E-state index contributed by atoms with van der Waals surface area (Å²) in [5.74, 6) is 0.593. The van der Waals surface area contributed by atoms with E-state index in [-0.39, 0.29) is 5.75 Å². The molecule has 1 amide bonds. The highest BCUT2D eigenvalue weighted by Crippen LogP contribution is 2.27. The Balaban J connectivity index is 2.25. The van der Waals surface area contributed by atoms with Crippen LogP contribution in [0.5, 0.6) is 5.75 Å². The van der Waals surface area contributed by atoms with E-state index in [1.807, 2.05) is 0 Å². The van der Waals surface area contributed by atoms with Crippen LogP contribution in [0.2, 0.25) is 0 Å². The van der Waals surface area contributed by atoms with Gasteiger partial charge in [-0.1, -0.05) is 6.08 Å². The lowest BCUT2D eigenvalue weighted by Crippen LogP contribution is -2.16. The van der Waals surface area contributed by atoms with Crippen molar-refractivity contribution in [1.29, 1.82) is 0 Å². The minimum Gasteiger partial charge on any atom is -0.410 e. The molecule has 1 atom stereocenters. The molecular weight excluding hydrogens is 257 g/mol. The van der Waals surface area contributed by atoms with Gasteiger partial charge in [0.25, 0.3) is 0 Å². The molecule has 0 aromatic heterocycles. The smallest absolute Gasteiger partial charge is 0.409 e. The normalized spacial score (nSPS) is 19.2. The highest BCUT2D eigenvalue weighted by molar-refractivity contribution is 7.85. The molecule has 0 saturated carbocycles. The molecule has 0 aliphatic carbocycles. The number of hydrogen-bond donors (Lipinski definition) is 1. The molecule has 0 radical (unpaired) electrons. The number of benzene rings is 1. The molecule has 96 valence electrons. The first-order valence-corrected chi connectivity index (χ1v) is 6.86. The van der Waals surface area contributed by atoms with Gasteiger partial charge in [-0.2, -0.15) is 0 Å². The molecule has 1 heterocycles. The summed E-state index contributed by atoms with van der Waals surface area (Å²) in [6.07, 6.45) is 1.39. The van der Waals surface area contributed by atoms with Crippen molar-refractivity contribution in [3.05, 3.63) is 35.7 Å². The lowest BCUT2D eigenvalue weighted by Gasteiger charge is -2.14. The summed E-state index contributed by atoms with van der Waals surface area (Å²) in [6.45, 7) is 0. The van der Waals surface area contributed by atoms with Gasteiger partial charge < -0.3 is 10.5 Å². The van der Waals surface area contributed by atoms with Gasteiger partial charge in [-0.05, 0) is 24.1 Å². The molecule has 2 N–H and O–H groups in total. The van der Waals surface area contributed by atoms with E-state index in [0.29, 0.717) is 23.5 Å². The van der Waals surface area contributed by atoms with E-state index in [9.17, 15) is 13.4 Å². The standard InChI is InChI=1S/C12H12FNO3S/c13-11-7-9(17-12(14)15)1-2-10(11)8-3-5-18(16)6-4-8/h1-3,7H,4-6H2,(H2,14,15). The van der Waals surface area contributed by atoms with Gasteiger partial charge in [0.15, 0.2) is 0 Å². The van der Waals surface area contributed by atoms with Crippen LogP contribution in [-0.2, 0) is 10.8 Å². The molecular formula is C12H12FNO3S. The Bertz CT molecular complexity index is 542. The van der Waals surface area contributed by atoms with Gasteiger partial charge in [-0.15, -0.1) is 0 Å². The second-order valence-electron chi connectivity index (χ2n) is 3.85. The fourth-order valence-corrected chi connectivity index (χ4v) is 2.78. The monoisotopic (exact) mass is 269 g/mol. The van der Waals surface area contributed by atoms with Crippen molar-refractivity contribution >= 4 is 22.5 Å². The van der Waals surface area contributed by atoms with E-state index in [1.54, 1.807) is 6.08 Å². The number of carbonyl (C=O) groups excluding carboxylic acids is 1. The van der Waals surface area contributed by atoms with Gasteiger partial charge in [0.05, 0.1) is 0 Å². The first-order valence-electron chi connectivity index (χ1n) is 5.37. The molecule has 1 unspecified atom stereocenters. The predicted molar refractivity (Wildman–Crippen MR) is 67.1 cm³/mol. The van der Waals surface area contributed by atoms with Crippen molar-refractivity contribution in [2.24, 2.45) is 5.73 Å². The number of primary amides is 1. The first-order chi connectivity index (χ1) is 8.56. The molecule has 0 saturated heterocycles. The van der Waals surface area contributed by atoms with Gasteiger partial charge in [-0.3, -0.25) is 4.21 Å². The zero-order chi connectivity index (χ0) is 13.1. The van der Waals surface area contributed by atoms with E-state index < -0.39 is 22.7 Å². The van der Waals surface area contributed by atoms with E-state index in [4.69, 9.17) is 5.73 Å². The van der Waals surface area contributed by atoms with E-state index >= 15 is 0 Å². The third-order valence-corrected chi connectivity index (χ3v) is 3.82. The van der Waals surface area contributed by atoms with E-state index in [0.717, 1.165) is 11.6 Å². The van der Waals surface area contributed by atoms with Crippen LogP contribution in [0, 0.1) is 5.82 Å². The highest BCUT2D eigenvalue weighted by Gasteiger charge is 2.15. The summed E-state index contributed by atoms with van der Waals surface area (Å²) in [5.41, 5.74) is 6.12. The zero-order valence-corrected chi connectivity index (χ0v) is 10.3. The van der Waals surface area contributed by atoms with Crippen molar-refractivity contribution in [3.8, 4) is 5.75 Å². The molecule has 0 spiro atoms. The van der Waals surface area contributed by atoms with E-state index in [2.05, 4.69) is 4.74 Å². The Morgan fingerprint density at radius 1 is 1.44 bits per heavy atom. The summed E-state index contributed by atoms with van der Waals surface area (Å²) < 4.78 is 29.6. The van der Waals surface area contributed by atoms with Crippen LogP contribution >= 0.6 is 0 Å². The number of ether oxygens (including phenoxy) is 1. The van der Waals surface area contributed by atoms with Crippen LogP contribution < -0.4 is 10.5 Å². The maximum absolute atomic E-state index is 13.8. The van der Waals surface area contributed by atoms with Crippen LogP contribution in [0.15, 0.2) is 24.3 Å². The third kappa shape index (κ3) is 2.95. The zero-order valence-electron chi connectivity index (χ0n) is 9.52. The number of carbonyl (C=O) groups is 1. The molecule has 0 bridgehead atoms. The van der Waals surface area contributed by atoms with Crippen molar-refractivity contribution in [1.82, 2.24) is 0 Å². The van der Waals surface area contributed by atoms with E-state index in [1.165, 1.54) is 12.1 Å². The minimum atomic E-state index is -0.977. The average molecular weight is 269 g/mol. The molecule has 4 nitrogen and oxygen atoms in total. The Morgan fingerprint density at radius 2 is 2.22 bits per heavy atom. The van der Waals surface area contributed by atoms with Crippen LogP contribution in [0.25, 0.3) is 5.57 Å². The quantitative estimate of drug-likeness (QED) is 0.890. The number of halogens is 1. The minimum absolute atomic E-state index is 0.0729. The molecule has 1 aromatic carbocycles. The third-order valence-electron chi connectivity index (χ3n) is 2.62. The van der Waals surface area contributed by atoms with Crippen molar-refractivity contribution in [2.75, 3.05) is 11.5 Å². The number of allylic oxidation sites excluding steroid dienone is 1. The lowest BCUT2D eigenvalue weighted by atomic mass is 10.0. The molecule has 0 fully saturated rings. The highest BCUT2D eigenvalue weighted by atomic mass is 32.2. The van der Waals surface area contributed by atoms with Gasteiger partial charge in [0.2, 0.25) is 0 Å². The molecule has 18 heavy (non-hydrogen) atoms. The summed E-state index contributed by atoms with van der Waals surface area (Å²) >= 11 is 0. The first kappa shape index (κ1) is 12.8. The Morgan fingerprint density at radius 3 is 2.78 bits per heavy atom. The maximum Gasteiger partial charge on any atom is 0.409 e. The summed E-state index contributed by atoms with van der Waals surface area (Å²) in [4.78, 5) is 10.5. The predicted octanol–water partition coefficient (Wildman–Crippen LogP) is 1.82. The maximum atomic E-state index is 13.8. The number of amides is 1. The van der Waals surface area contributed by atoms with Crippen LogP contribution in [-0.4, -0.2) is 21.8 Å². The van der Waals surface area contributed by atoms with Gasteiger partial charge in [0, 0.05) is 33.9 Å². The topological polar surface area (TPSA) is 69.4 Å². The van der Waals surface area contributed by atoms with Gasteiger partial charge in [-0.25, -0.2) is 9.18 Å². The largest absolute Gasteiger partial charge is 0.410 e. The molecule has 2 rings (SSSR count). The fourth-order valence-electron chi connectivity index (χ4n) is 1.78. The van der Waals surface area contributed by atoms with Crippen LogP contribution in [0.1, 0.15) is 12.0 Å². The number of hydrogen-bond acceptors (Lipinski definition) is 3. The molecule has 1 aliphatic heterocycles. The number of nitrogens with two attached hydrogens (primary N) is 1. The SMILES string of the molecule is NC(=O)Oc1ccc(C2=CCS(=O)CC2)c(F)c1. The Labute approximate surface area is 106 Å². The van der Waals surface area contributed by atoms with Crippen molar-refractivity contribution in [2.45, 2.75) is 6.42 Å². The average Bonchev–Trinajstić information content (AvgIpc) is 2.30. The summed E-state index contributed by atoms with van der Waals surface area (Å²) in [6, 6.07) is 4.13. The van der Waals surface area contributed by atoms with Crippen molar-refractivity contribution in [3.63, 3.8) is 0 Å². The van der Waals surface area contributed by atoms with Crippen molar-refractivity contribution < 1.29 is 18.1 Å². The second-order valence-corrected chi connectivity index (χ2v) is 5.47. The molecule has 1 aromatic rings. The van der Waals surface area contributed by atoms with Gasteiger partial charge in [0.1, 0.15) is 11.6 Å². The fraction of sp³-hybridized carbons (Fsp3) is 0.250.